The minimum Gasteiger partial charge on any atom is -0.495 e. The Bertz CT molecular complexity index is 901. The maximum atomic E-state index is 5.70. The Morgan fingerprint density at radius 3 is 2.03 bits per heavy atom. The summed E-state index contributed by atoms with van der Waals surface area (Å²) in [5, 5.41) is 0. The summed E-state index contributed by atoms with van der Waals surface area (Å²) in [7, 11) is 1.74. The Morgan fingerprint density at radius 1 is 0.793 bits per heavy atom. The van der Waals surface area contributed by atoms with Gasteiger partial charge in [-0.25, -0.2) is 9.97 Å². The molecule has 7 heteroatoms. The van der Waals surface area contributed by atoms with Crippen LogP contribution < -0.4 is 14.5 Å². The molecule has 29 heavy (non-hydrogen) atoms. The molecular weight excluding hydrogens is 407 g/mol. The zero-order valence-corrected chi connectivity index (χ0v) is 18.2. The third-order valence-corrected chi connectivity index (χ3v) is 5.13. The van der Waals surface area contributed by atoms with Crippen LogP contribution in [0.15, 0.2) is 60.9 Å². The molecule has 0 radical (unpaired) electrons. The molecule has 4 rings (SSSR count). The van der Waals surface area contributed by atoms with Gasteiger partial charge in [0.05, 0.1) is 12.8 Å². The van der Waals surface area contributed by atoms with E-state index in [4.69, 9.17) is 4.74 Å². The van der Waals surface area contributed by atoms with Gasteiger partial charge in [-0.1, -0.05) is 36.4 Å². The lowest BCUT2D eigenvalue weighted by molar-refractivity contribution is 0.413. The highest BCUT2D eigenvalue weighted by Crippen LogP contribution is 2.38. The van der Waals surface area contributed by atoms with Crippen molar-refractivity contribution in [2.75, 3.05) is 43.1 Å². The number of benzene rings is 2. The number of nitrogens with zero attached hydrogens (tertiary/aromatic N) is 4. The highest BCUT2D eigenvalue weighted by molar-refractivity contribution is 5.85. The third-order valence-electron chi connectivity index (χ3n) is 5.13. The molecule has 154 valence electrons. The van der Waals surface area contributed by atoms with Crippen LogP contribution in [0.2, 0.25) is 0 Å². The molecule has 5 nitrogen and oxygen atoms in total. The van der Waals surface area contributed by atoms with Gasteiger partial charge in [0.1, 0.15) is 5.75 Å². The maximum absolute atomic E-state index is 5.70. The highest BCUT2D eigenvalue weighted by atomic mass is 35.5. The van der Waals surface area contributed by atoms with E-state index >= 15 is 0 Å². The molecule has 1 aliphatic rings. The molecule has 0 atom stereocenters. The first-order valence-corrected chi connectivity index (χ1v) is 9.28. The Balaban J connectivity index is 0.00000150. The Morgan fingerprint density at radius 2 is 1.41 bits per heavy atom. The van der Waals surface area contributed by atoms with Gasteiger partial charge in [0.25, 0.3) is 0 Å². The minimum absolute atomic E-state index is 0. The Kier molecular flexibility index (Phi) is 8.11. The van der Waals surface area contributed by atoms with E-state index in [-0.39, 0.29) is 24.8 Å². The fourth-order valence-electron chi connectivity index (χ4n) is 3.75. The lowest BCUT2D eigenvalue weighted by atomic mass is 9.97. The van der Waals surface area contributed by atoms with Gasteiger partial charge in [0, 0.05) is 38.6 Å². The van der Waals surface area contributed by atoms with Crippen LogP contribution in [0.4, 0.5) is 11.6 Å². The first-order valence-electron chi connectivity index (χ1n) is 9.28. The van der Waals surface area contributed by atoms with E-state index in [0.29, 0.717) is 0 Å². The van der Waals surface area contributed by atoms with E-state index in [9.17, 15) is 0 Å². The van der Waals surface area contributed by atoms with Crippen LogP contribution >= 0.6 is 24.8 Å². The van der Waals surface area contributed by atoms with E-state index in [0.717, 1.165) is 37.9 Å². The zero-order valence-electron chi connectivity index (χ0n) is 16.6. The molecule has 2 heterocycles. The van der Waals surface area contributed by atoms with Crippen LogP contribution in [0.1, 0.15) is 5.56 Å². The van der Waals surface area contributed by atoms with Crippen molar-refractivity contribution in [1.82, 2.24) is 9.97 Å². The standard InChI is InChI=1S/C22H24N4O.2ClH/c1-17-19(18-7-4-3-5-8-18)9-10-20(27-2)21(17)25-13-15-26(16-14-25)22-23-11-6-12-24-22;;/h3-12H,13-16H2,1-2H3;2*1H. The van der Waals surface area contributed by atoms with Crippen molar-refractivity contribution in [2.45, 2.75) is 6.92 Å². The molecule has 1 fully saturated rings. The summed E-state index contributed by atoms with van der Waals surface area (Å²) in [5.74, 6) is 1.73. The van der Waals surface area contributed by atoms with Crippen molar-refractivity contribution in [1.29, 1.82) is 0 Å². The summed E-state index contributed by atoms with van der Waals surface area (Å²) in [6, 6.07) is 16.6. The van der Waals surface area contributed by atoms with Crippen LogP contribution in [-0.2, 0) is 0 Å². The topological polar surface area (TPSA) is 41.5 Å². The summed E-state index contributed by atoms with van der Waals surface area (Å²) in [4.78, 5) is 13.4. The molecule has 0 saturated carbocycles. The summed E-state index contributed by atoms with van der Waals surface area (Å²) in [5.41, 5.74) is 4.92. The molecule has 0 aliphatic carbocycles. The maximum Gasteiger partial charge on any atom is 0.225 e. The predicted octanol–water partition coefficient (Wildman–Crippen LogP) is 4.63. The molecule has 1 aliphatic heterocycles. The summed E-state index contributed by atoms with van der Waals surface area (Å²) >= 11 is 0. The van der Waals surface area contributed by atoms with Crippen molar-refractivity contribution in [3.8, 4) is 16.9 Å². The van der Waals surface area contributed by atoms with Crippen LogP contribution in [0.5, 0.6) is 5.75 Å². The highest BCUT2D eigenvalue weighted by Gasteiger charge is 2.23. The van der Waals surface area contributed by atoms with E-state index < -0.39 is 0 Å². The Labute approximate surface area is 184 Å². The fraction of sp³-hybridized carbons (Fsp3) is 0.273. The molecule has 1 aromatic heterocycles. The van der Waals surface area contributed by atoms with Crippen LogP contribution in [-0.4, -0.2) is 43.3 Å². The largest absolute Gasteiger partial charge is 0.495 e. The SMILES string of the molecule is COc1ccc(-c2ccccc2)c(C)c1N1CCN(c2ncccn2)CC1.Cl.Cl. The fourth-order valence-corrected chi connectivity index (χ4v) is 3.75. The van der Waals surface area contributed by atoms with Crippen molar-refractivity contribution < 1.29 is 4.74 Å². The zero-order chi connectivity index (χ0) is 18.6. The summed E-state index contributed by atoms with van der Waals surface area (Å²) in [6.07, 6.45) is 3.59. The van der Waals surface area contributed by atoms with Crippen molar-refractivity contribution in [3.63, 3.8) is 0 Å². The molecule has 0 unspecified atom stereocenters. The Hall–Kier alpha value is -2.50. The molecule has 2 aromatic carbocycles. The molecule has 1 saturated heterocycles. The second-order valence-electron chi connectivity index (χ2n) is 6.68. The molecule has 0 bridgehead atoms. The monoisotopic (exact) mass is 432 g/mol. The molecule has 0 amide bonds. The van der Waals surface area contributed by atoms with E-state index in [1.807, 2.05) is 12.1 Å². The third kappa shape index (κ3) is 4.74. The first-order chi connectivity index (χ1) is 13.3. The summed E-state index contributed by atoms with van der Waals surface area (Å²) in [6.45, 7) is 5.79. The van der Waals surface area contributed by atoms with Crippen molar-refractivity contribution >= 4 is 36.4 Å². The molecular formula is C22H26Cl2N4O. The first kappa shape index (κ1) is 22.8. The minimum atomic E-state index is 0. The van der Waals surface area contributed by atoms with Gasteiger partial charge in [-0.3, -0.25) is 0 Å². The van der Waals surface area contributed by atoms with Crippen molar-refractivity contribution in [3.05, 3.63) is 66.5 Å². The lowest BCUT2D eigenvalue weighted by Gasteiger charge is -2.37. The van der Waals surface area contributed by atoms with Gasteiger partial charge in [-0.15, -0.1) is 24.8 Å². The number of hydrogen-bond donors (Lipinski definition) is 0. The quantitative estimate of drug-likeness (QED) is 0.600. The number of methoxy groups -OCH3 is 1. The second-order valence-corrected chi connectivity index (χ2v) is 6.68. The van der Waals surface area contributed by atoms with Gasteiger partial charge in [-0.05, 0) is 35.7 Å². The lowest BCUT2D eigenvalue weighted by Crippen LogP contribution is -2.47. The molecule has 0 spiro atoms. The molecule has 0 N–H and O–H groups in total. The van der Waals surface area contributed by atoms with Gasteiger partial charge in [-0.2, -0.15) is 0 Å². The number of ether oxygens (including phenoxy) is 1. The van der Waals surface area contributed by atoms with Crippen LogP contribution in [0, 0.1) is 6.92 Å². The van der Waals surface area contributed by atoms with Crippen LogP contribution in [0.3, 0.4) is 0 Å². The predicted molar refractivity (Wildman–Crippen MR) is 124 cm³/mol. The van der Waals surface area contributed by atoms with Gasteiger partial charge in [0.2, 0.25) is 5.95 Å². The number of aromatic nitrogens is 2. The molecule has 3 aromatic rings. The average Bonchev–Trinajstić information content (AvgIpc) is 2.75. The number of piperazine rings is 1. The van der Waals surface area contributed by atoms with Crippen molar-refractivity contribution in [2.24, 2.45) is 0 Å². The normalized spacial score (nSPS) is 13.3. The van der Waals surface area contributed by atoms with E-state index in [2.05, 4.69) is 63.1 Å². The second kappa shape index (κ2) is 10.3. The van der Waals surface area contributed by atoms with Gasteiger partial charge in [0.15, 0.2) is 0 Å². The number of rotatable bonds is 4. The number of anilines is 2. The van der Waals surface area contributed by atoms with Gasteiger partial charge >= 0.3 is 0 Å². The van der Waals surface area contributed by atoms with E-state index in [1.165, 1.54) is 22.4 Å². The summed E-state index contributed by atoms with van der Waals surface area (Å²) < 4.78 is 5.70. The van der Waals surface area contributed by atoms with Crippen LogP contribution in [0.25, 0.3) is 11.1 Å². The van der Waals surface area contributed by atoms with E-state index in [1.54, 1.807) is 19.5 Å². The smallest absolute Gasteiger partial charge is 0.225 e. The number of hydrogen-bond acceptors (Lipinski definition) is 5. The average molecular weight is 433 g/mol. The number of halogens is 2. The van der Waals surface area contributed by atoms with Gasteiger partial charge < -0.3 is 14.5 Å².